The molecule has 0 saturated carbocycles. The lowest BCUT2D eigenvalue weighted by Gasteiger charge is -2.10. The second-order valence-electron chi connectivity index (χ2n) is 8.14. The number of ether oxygens (including phenoxy) is 1. The topological polar surface area (TPSA) is 123 Å². The van der Waals surface area contributed by atoms with Gasteiger partial charge in [-0.25, -0.2) is 13.8 Å². The van der Waals surface area contributed by atoms with Crippen LogP contribution >= 0.6 is 11.3 Å². The number of hydrogen-bond donors (Lipinski definition) is 3. The number of carbonyl (C=O) groups excluding carboxylic acids is 2. The number of H-pyrrole nitrogens is 1. The van der Waals surface area contributed by atoms with Gasteiger partial charge in [0.05, 0.1) is 11.4 Å². The van der Waals surface area contributed by atoms with Crippen molar-refractivity contribution in [3.05, 3.63) is 83.0 Å². The van der Waals surface area contributed by atoms with Crippen molar-refractivity contribution in [2.75, 3.05) is 5.32 Å². The van der Waals surface area contributed by atoms with E-state index in [1.165, 1.54) is 36.4 Å². The van der Waals surface area contributed by atoms with Crippen molar-refractivity contribution in [3.63, 3.8) is 0 Å². The fraction of sp³-hybridized carbons (Fsp3) is 0.0769. The number of thiophene rings is 1. The van der Waals surface area contributed by atoms with Crippen molar-refractivity contribution in [2.24, 2.45) is 5.73 Å². The number of amides is 2. The maximum Gasteiger partial charge on any atom is 0.387 e. The molecule has 0 radical (unpaired) electrons. The van der Waals surface area contributed by atoms with Crippen LogP contribution in [-0.4, -0.2) is 33.6 Å². The molecule has 0 unspecified atom stereocenters. The maximum atomic E-state index is 13.6. The Morgan fingerprint density at radius 1 is 0.974 bits per heavy atom. The zero-order valence-electron chi connectivity index (χ0n) is 19.6. The molecular weight excluding hydrogens is 538 g/mol. The normalized spacial score (nSPS) is 11.3. The molecule has 3 aromatic heterocycles. The first-order chi connectivity index (χ1) is 18.7. The Hall–Kier alpha value is -4.78. The van der Waals surface area contributed by atoms with Crippen LogP contribution < -0.4 is 15.8 Å². The van der Waals surface area contributed by atoms with Gasteiger partial charge in [-0.1, -0.05) is 30.3 Å². The molecule has 0 bridgehead atoms. The monoisotopic (exact) mass is 555 g/mol. The highest BCUT2D eigenvalue weighted by Crippen LogP contribution is 2.42. The minimum Gasteiger partial charge on any atom is -0.435 e. The Morgan fingerprint density at radius 3 is 2.33 bits per heavy atom. The van der Waals surface area contributed by atoms with Gasteiger partial charge in [0.2, 0.25) is 0 Å². The van der Waals surface area contributed by atoms with Crippen LogP contribution in [0.25, 0.3) is 32.6 Å². The standard InChI is InChI=1S/C26H17F4N5O3S/c27-22(28)17-10-15(12-4-2-1-3-5-12)19-20(21(23(31)36)39-25(19)32-17)33-24(37)18-11-16(34-35-18)13-6-8-14(9-7-13)38-26(29)30/h1-11,22,26H,(H2,31,36)(H,33,37)(H,34,35). The molecule has 39 heavy (non-hydrogen) atoms. The van der Waals surface area contributed by atoms with Crippen molar-refractivity contribution in [1.82, 2.24) is 15.2 Å². The summed E-state index contributed by atoms with van der Waals surface area (Å²) in [5, 5.41) is 9.61. The number of rotatable bonds is 8. The molecule has 0 atom stereocenters. The lowest BCUT2D eigenvalue weighted by Crippen LogP contribution is -2.17. The molecule has 2 amide bonds. The van der Waals surface area contributed by atoms with Gasteiger partial charge in [-0.05, 0) is 47.5 Å². The van der Waals surface area contributed by atoms with Crippen LogP contribution in [0.4, 0.5) is 23.2 Å². The number of carbonyl (C=O) groups is 2. The fourth-order valence-corrected chi connectivity index (χ4v) is 4.96. The number of benzene rings is 2. The van der Waals surface area contributed by atoms with Crippen LogP contribution in [0.15, 0.2) is 66.7 Å². The Morgan fingerprint density at radius 2 is 1.69 bits per heavy atom. The Balaban J connectivity index is 1.53. The van der Waals surface area contributed by atoms with Crippen molar-refractivity contribution >= 4 is 39.1 Å². The van der Waals surface area contributed by atoms with Crippen LogP contribution in [0.5, 0.6) is 5.75 Å². The number of aromatic amines is 1. The number of anilines is 1. The number of halogens is 4. The number of primary amides is 1. The quantitative estimate of drug-likeness (QED) is 0.196. The van der Waals surface area contributed by atoms with Crippen molar-refractivity contribution in [2.45, 2.75) is 13.0 Å². The third-order valence-corrected chi connectivity index (χ3v) is 6.75. The summed E-state index contributed by atoms with van der Waals surface area (Å²) in [7, 11) is 0. The smallest absolute Gasteiger partial charge is 0.387 e. The lowest BCUT2D eigenvalue weighted by atomic mass is 10.0. The van der Waals surface area contributed by atoms with E-state index in [1.807, 2.05) is 0 Å². The number of fused-ring (bicyclic) bond motifs is 1. The Labute approximate surface area is 221 Å². The highest BCUT2D eigenvalue weighted by Gasteiger charge is 2.25. The summed E-state index contributed by atoms with van der Waals surface area (Å²) in [6.45, 7) is -2.96. The summed E-state index contributed by atoms with van der Waals surface area (Å²) in [5.74, 6) is -1.60. The van der Waals surface area contributed by atoms with Gasteiger partial charge in [0, 0.05) is 10.9 Å². The molecule has 0 aliphatic carbocycles. The largest absolute Gasteiger partial charge is 0.435 e. The molecule has 0 fully saturated rings. The summed E-state index contributed by atoms with van der Waals surface area (Å²) in [6.07, 6.45) is -2.87. The summed E-state index contributed by atoms with van der Waals surface area (Å²) < 4.78 is 56.4. The van der Waals surface area contributed by atoms with Crippen molar-refractivity contribution in [3.8, 4) is 28.1 Å². The van der Waals surface area contributed by atoms with Gasteiger partial charge in [-0.3, -0.25) is 14.7 Å². The second kappa shape index (κ2) is 10.5. The number of alkyl halides is 4. The zero-order valence-corrected chi connectivity index (χ0v) is 20.4. The average molecular weight is 556 g/mol. The van der Waals surface area contributed by atoms with Crippen LogP contribution in [0.1, 0.15) is 32.3 Å². The van der Waals surface area contributed by atoms with Gasteiger partial charge >= 0.3 is 6.61 Å². The van der Waals surface area contributed by atoms with Crippen molar-refractivity contribution in [1.29, 1.82) is 0 Å². The fourth-order valence-electron chi connectivity index (χ4n) is 3.94. The molecule has 3 heterocycles. The highest BCUT2D eigenvalue weighted by molar-refractivity contribution is 7.21. The zero-order chi connectivity index (χ0) is 27.7. The number of aromatic nitrogens is 3. The number of nitrogens with two attached hydrogens (primary N) is 1. The molecule has 0 spiro atoms. The van der Waals surface area contributed by atoms with Crippen LogP contribution in [-0.2, 0) is 0 Å². The SMILES string of the molecule is NC(=O)c1sc2nc(C(F)F)cc(-c3ccccc3)c2c1NC(=O)c1cc(-c2ccc(OC(F)F)cc2)n[nH]1. The van der Waals surface area contributed by atoms with E-state index in [2.05, 4.69) is 25.2 Å². The number of nitrogens with one attached hydrogen (secondary N) is 2. The maximum absolute atomic E-state index is 13.6. The molecule has 8 nitrogen and oxygen atoms in total. The van der Waals surface area contributed by atoms with Gasteiger partial charge in [0.1, 0.15) is 26.8 Å². The minimum atomic E-state index is -2.96. The van der Waals surface area contributed by atoms with E-state index < -0.39 is 30.5 Å². The van der Waals surface area contributed by atoms with Gasteiger partial charge < -0.3 is 15.8 Å². The molecule has 5 rings (SSSR count). The summed E-state index contributed by atoms with van der Waals surface area (Å²) in [6, 6.07) is 16.9. The lowest BCUT2D eigenvalue weighted by molar-refractivity contribution is -0.0498. The van der Waals surface area contributed by atoms with Gasteiger partial charge in [0.25, 0.3) is 18.2 Å². The van der Waals surface area contributed by atoms with Gasteiger partial charge in [0.15, 0.2) is 0 Å². The molecule has 0 saturated heterocycles. The first-order valence-corrected chi connectivity index (χ1v) is 12.1. The van der Waals surface area contributed by atoms with Crippen molar-refractivity contribution < 1.29 is 31.9 Å². The third kappa shape index (κ3) is 5.29. The summed E-state index contributed by atoms with van der Waals surface area (Å²) >= 11 is 0.792. The third-order valence-electron chi connectivity index (χ3n) is 5.65. The molecule has 13 heteroatoms. The van der Waals surface area contributed by atoms with Crippen LogP contribution in [0.3, 0.4) is 0 Å². The highest BCUT2D eigenvalue weighted by atomic mass is 32.1. The Kier molecular flexibility index (Phi) is 6.98. The average Bonchev–Trinajstić information content (AvgIpc) is 3.55. The summed E-state index contributed by atoms with van der Waals surface area (Å²) in [5.41, 5.74) is 6.88. The number of pyridine rings is 1. The van der Waals surface area contributed by atoms with E-state index in [4.69, 9.17) is 5.73 Å². The van der Waals surface area contributed by atoms with Gasteiger partial charge in [-0.2, -0.15) is 13.9 Å². The first-order valence-electron chi connectivity index (χ1n) is 11.2. The second-order valence-corrected chi connectivity index (χ2v) is 9.13. The predicted molar refractivity (Wildman–Crippen MR) is 137 cm³/mol. The van der Waals surface area contributed by atoms with E-state index in [0.717, 1.165) is 11.3 Å². The molecule has 0 aliphatic heterocycles. The van der Waals surface area contributed by atoms with E-state index >= 15 is 0 Å². The van der Waals surface area contributed by atoms with E-state index in [-0.39, 0.29) is 32.2 Å². The molecule has 5 aromatic rings. The molecule has 198 valence electrons. The molecule has 0 aliphatic rings. The molecule has 2 aromatic carbocycles. The van der Waals surface area contributed by atoms with Crippen LogP contribution in [0, 0.1) is 0 Å². The molecular formula is C26H17F4N5O3S. The van der Waals surface area contributed by atoms with Crippen LogP contribution in [0.2, 0.25) is 0 Å². The van der Waals surface area contributed by atoms with E-state index in [0.29, 0.717) is 22.4 Å². The number of nitrogens with zero attached hydrogens (tertiary/aromatic N) is 2. The predicted octanol–water partition coefficient (Wildman–Crippen LogP) is 6.24. The van der Waals surface area contributed by atoms with E-state index in [9.17, 15) is 27.2 Å². The minimum absolute atomic E-state index is 0.00565. The number of hydrogen-bond acceptors (Lipinski definition) is 6. The first kappa shape index (κ1) is 25.9. The van der Waals surface area contributed by atoms with Gasteiger partial charge in [-0.15, -0.1) is 11.3 Å². The summed E-state index contributed by atoms with van der Waals surface area (Å²) in [4.78, 5) is 29.5. The Bertz CT molecular complexity index is 1670. The van der Waals surface area contributed by atoms with E-state index in [1.54, 1.807) is 30.3 Å². The molecule has 4 N–H and O–H groups in total.